The van der Waals surface area contributed by atoms with Gasteiger partial charge in [-0.2, -0.15) is 0 Å². The Morgan fingerprint density at radius 1 is 0.742 bits per heavy atom. The number of carbonyl (C=O) groups is 4. The quantitative estimate of drug-likeness (QED) is 0.378. The van der Waals surface area contributed by atoms with Crippen molar-refractivity contribution in [2.24, 2.45) is 10.8 Å². The number of aliphatic hydroxyl groups is 2. The smallest absolute Gasteiger partial charge is 0.321 e. The Hall–Kier alpha value is -2.00. The van der Waals surface area contributed by atoms with E-state index in [0.29, 0.717) is 26.1 Å². The van der Waals surface area contributed by atoms with Gasteiger partial charge in [0.2, 0.25) is 0 Å². The molecule has 2 aliphatic heterocycles. The highest BCUT2D eigenvalue weighted by atomic mass is 16.6. The fraction of sp³-hybridized carbons (Fsp3) is 0.818. The molecule has 0 saturated carbocycles. The Morgan fingerprint density at radius 2 is 1.10 bits per heavy atom. The summed E-state index contributed by atoms with van der Waals surface area (Å²) in [6.45, 7) is 6.33. The van der Waals surface area contributed by atoms with Gasteiger partial charge in [-0.05, 0) is 66.2 Å². The first-order valence-electron chi connectivity index (χ1n) is 10.8. The van der Waals surface area contributed by atoms with Crippen LogP contribution in [-0.4, -0.2) is 60.5 Å². The molecule has 180 valence electrons. The highest BCUT2D eigenvalue weighted by Gasteiger charge is 2.36. The Labute approximate surface area is 184 Å². The number of aliphatic hydroxyl groups excluding tert-OH is 2. The van der Waals surface area contributed by atoms with Crippen molar-refractivity contribution in [2.45, 2.75) is 79.1 Å². The second-order valence-electron chi connectivity index (χ2n) is 8.82. The van der Waals surface area contributed by atoms with Crippen LogP contribution in [0.2, 0.25) is 0 Å². The van der Waals surface area contributed by atoms with Crippen LogP contribution in [0.3, 0.4) is 0 Å². The molecule has 0 aliphatic carbocycles. The first kappa shape index (κ1) is 29.0. The van der Waals surface area contributed by atoms with Gasteiger partial charge in [0.1, 0.15) is 0 Å². The van der Waals surface area contributed by atoms with E-state index in [1.54, 1.807) is 0 Å². The van der Waals surface area contributed by atoms with Gasteiger partial charge < -0.3 is 24.4 Å². The molecule has 0 bridgehead atoms. The largest absolute Gasteiger partial charge is 0.466 e. The van der Waals surface area contributed by atoms with Crippen molar-refractivity contribution in [3.8, 4) is 0 Å². The topological polar surface area (TPSA) is 136 Å². The molecule has 0 spiro atoms. The van der Waals surface area contributed by atoms with Crippen molar-refractivity contribution >= 4 is 23.9 Å². The molecule has 2 fully saturated rings. The molecule has 0 amide bonds. The minimum absolute atomic E-state index is 0.0255. The molecule has 0 aromatic heterocycles. The van der Waals surface area contributed by atoms with Gasteiger partial charge in [-0.3, -0.25) is 19.2 Å². The summed E-state index contributed by atoms with van der Waals surface area (Å²) >= 11 is 0. The Bertz CT molecular complexity index is 512. The van der Waals surface area contributed by atoms with E-state index in [9.17, 15) is 19.2 Å². The van der Waals surface area contributed by atoms with E-state index in [1.165, 1.54) is 27.7 Å². The number of hydrogen-bond donors (Lipinski definition) is 2. The van der Waals surface area contributed by atoms with Gasteiger partial charge in [0.05, 0.1) is 37.3 Å². The second kappa shape index (κ2) is 14.9. The summed E-state index contributed by atoms with van der Waals surface area (Å²) in [6, 6.07) is 0. The van der Waals surface area contributed by atoms with Gasteiger partial charge in [-0.15, -0.1) is 0 Å². The monoisotopic (exact) mass is 446 g/mol. The van der Waals surface area contributed by atoms with Crippen LogP contribution < -0.4 is 0 Å². The van der Waals surface area contributed by atoms with Crippen LogP contribution in [0.1, 0.15) is 79.1 Å². The van der Waals surface area contributed by atoms with Crippen LogP contribution in [0.4, 0.5) is 0 Å². The molecule has 0 unspecified atom stereocenters. The van der Waals surface area contributed by atoms with Crippen molar-refractivity contribution in [3.05, 3.63) is 0 Å². The van der Waals surface area contributed by atoms with Gasteiger partial charge in [-0.1, -0.05) is 0 Å². The number of carbonyl (C=O) groups excluding carboxylic acids is 4. The average molecular weight is 447 g/mol. The highest BCUT2D eigenvalue weighted by molar-refractivity contribution is 5.91. The van der Waals surface area contributed by atoms with Crippen molar-refractivity contribution in [2.75, 3.05) is 26.4 Å². The first-order chi connectivity index (χ1) is 14.5. The van der Waals surface area contributed by atoms with Crippen LogP contribution in [-0.2, 0) is 33.4 Å². The SMILES string of the molecule is CC(C)(CO)C(=O)OC(=O)C(C)(C)CO.O=C1CCCCCO1.O=C1CCCCCO1. The summed E-state index contributed by atoms with van der Waals surface area (Å²) in [5.41, 5.74) is -2.22. The Kier molecular flexibility index (Phi) is 13.9. The Balaban J connectivity index is 0.000000471. The van der Waals surface area contributed by atoms with Crippen LogP contribution in [0.15, 0.2) is 0 Å². The third-order valence-electron chi connectivity index (χ3n) is 4.66. The molecule has 9 heteroatoms. The standard InChI is InChI=1S/C10H18O5.2C6H10O2/c1-9(2,5-11)7(13)15-8(14)10(3,4)6-12;2*7-6-4-2-1-3-5-8-6/h11-12H,5-6H2,1-4H3;2*1-5H2. The highest BCUT2D eigenvalue weighted by Crippen LogP contribution is 2.21. The molecule has 31 heavy (non-hydrogen) atoms. The molecule has 2 N–H and O–H groups in total. The molecular weight excluding hydrogens is 408 g/mol. The number of cyclic esters (lactones) is 2. The van der Waals surface area contributed by atoms with E-state index < -0.39 is 36.0 Å². The summed E-state index contributed by atoms with van der Waals surface area (Å²) in [4.78, 5) is 43.7. The van der Waals surface area contributed by atoms with Crippen molar-refractivity contribution < 1.29 is 43.6 Å². The molecule has 2 rings (SSSR count). The lowest BCUT2D eigenvalue weighted by atomic mass is 9.93. The maximum Gasteiger partial charge on any atom is 0.321 e. The van der Waals surface area contributed by atoms with E-state index in [0.717, 1.165) is 38.5 Å². The predicted octanol–water partition coefficient (Wildman–Crippen LogP) is 2.30. The van der Waals surface area contributed by atoms with Gasteiger partial charge in [0.25, 0.3) is 0 Å². The van der Waals surface area contributed by atoms with Crippen LogP contribution >= 0.6 is 0 Å². The minimum atomic E-state index is -1.11. The zero-order valence-corrected chi connectivity index (χ0v) is 19.2. The van der Waals surface area contributed by atoms with E-state index >= 15 is 0 Å². The van der Waals surface area contributed by atoms with Gasteiger partial charge >= 0.3 is 23.9 Å². The number of rotatable bonds is 4. The predicted molar refractivity (Wildman–Crippen MR) is 112 cm³/mol. The normalized spacial score (nSPS) is 17.2. The fourth-order valence-electron chi connectivity index (χ4n) is 2.10. The summed E-state index contributed by atoms with van der Waals surface area (Å²) in [6.07, 6.45) is 7.66. The van der Waals surface area contributed by atoms with Crippen molar-refractivity contribution in [3.63, 3.8) is 0 Å². The zero-order chi connectivity index (χ0) is 23.9. The molecule has 2 aliphatic rings. The van der Waals surface area contributed by atoms with Crippen LogP contribution in [0.25, 0.3) is 0 Å². The van der Waals surface area contributed by atoms with E-state index in [1.807, 2.05) is 0 Å². The van der Waals surface area contributed by atoms with Crippen LogP contribution in [0, 0.1) is 10.8 Å². The molecule has 0 aromatic carbocycles. The Morgan fingerprint density at radius 3 is 1.42 bits per heavy atom. The molecule has 0 aromatic rings. The first-order valence-corrected chi connectivity index (χ1v) is 10.8. The summed E-state index contributed by atoms with van der Waals surface area (Å²) in [7, 11) is 0. The van der Waals surface area contributed by atoms with Gasteiger partial charge in [0.15, 0.2) is 0 Å². The van der Waals surface area contributed by atoms with Gasteiger partial charge in [0, 0.05) is 12.8 Å². The van der Waals surface area contributed by atoms with Crippen molar-refractivity contribution in [1.82, 2.24) is 0 Å². The number of hydrogen-bond acceptors (Lipinski definition) is 9. The fourth-order valence-corrected chi connectivity index (χ4v) is 2.10. The van der Waals surface area contributed by atoms with Crippen molar-refractivity contribution in [1.29, 1.82) is 0 Å². The molecule has 0 radical (unpaired) electrons. The molecule has 0 atom stereocenters. The summed E-state index contributed by atoms with van der Waals surface area (Å²) < 4.78 is 14.1. The molecule has 2 heterocycles. The average Bonchev–Trinajstić information content (AvgIpc) is 3.12. The summed E-state index contributed by atoms with van der Waals surface area (Å²) in [5.74, 6) is -1.64. The maximum atomic E-state index is 11.4. The lowest BCUT2D eigenvalue weighted by Gasteiger charge is -2.23. The molecule has 9 nitrogen and oxygen atoms in total. The number of ether oxygens (including phenoxy) is 3. The molecular formula is C22H38O9. The lowest BCUT2D eigenvalue weighted by Crippen LogP contribution is -2.38. The molecule has 2 saturated heterocycles. The van der Waals surface area contributed by atoms with E-state index in [4.69, 9.17) is 19.7 Å². The summed E-state index contributed by atoms with van der Waals surface area (Å²) in [5, 5.41) is 17.8. The second-order valence-corrected chi connectivity index (χ2v) is 8.82. The maximum absolute atomic E-state index is 11.4. The van der Waals surface area contributed by atoms with Crippen LogP contribution in [0.5, 0.6) is 0 Å². The zero-order valence-electron chi connectivity index (χ0n) is 19.2. The third-order valence-corrected chi connectivity index (χ3v) is 4.66. The van der Waals surface area contributed by atoms with E-state index in [2.05, 4.69) is 4.74 Å². The minimum Gasteiger partial charge on any atom is -0.466 e. The lowest BCUT2D eigenvalue weighted by molar-refractivity contribution is -0.174. The number of esters is 4. The van der Waals surface area contributed by atoms with Gasteiger partial charge in [-0.25, -0.2) is 0 Å². The van der Waals surface area contributed by atoms with E-state index in [-0.39, 0.29) is 11.9 Å². The third kappa shape index (κ3) is 13.1.